The summed E-state index contributed by atoms with van der Waals surface area (Å²) in [5.74, 6) is -0.891. The number of hydrogen-bond donors (Lipinski definition) is 0. The highest BCUT2D eigenvalue weighted by Crippen LogP contribution is 2.28. The summed E-state index contributed by atoms with van der Waals surface area (Å²) in [5, 5.41) is 0. The Morgan fingerprint density at radius 1 is 0.903 bits per heavy atom. The molecule has 2 rings (SSSR count). The highest BCUT2D eigenvalue weighted by Gasteiger charge is 2.39. The van der Waals surface area contributed by atoms with Crippen LogP contribution in [0.3, 0.4) is 0 Å². The third-order valence-electron chi connectivity index (χ3n) is 4.54. The van der Waals surface area contributed by atoms with Gasteiger partial charge in [-0.2, -0.15) is 0 Å². The van der Waals surface area contributed by atoms with Gasteiger partial charge < -0.3 is 9.47 Å². The standard InChI is InChI=1S/C26H31NO4/c1-5-30-23(28)17-18-26(19-20(3)4,25(29)31-6-2)27-24(21-13-9-7-10-14-21)22-15-11-8-12-16-22/h7-18,20H,5-6,19H2,1-4H3. The molecule has 31 heavy (non-hydrogen) atoms. The first-order chi connectivity index (χ1) is 14.9. The molecule has 0 fully saturated rings. The summed E-state index contributed by atoms with van der Waals surface area (Å²) < 4.78 is 10.5. The molecule has 2 aromatic carbocycles. The van der Waals surface area contributed by atoms with E-state index < -0.39 is 17.5 Å². The van der Waals surface area contributed by atoms with E-state index in [4.69, 9.17) is 14.5 Å². The van der Waals surface area contributed by atoms with Crippen LogP contribution in [0.25, 0.3) is 0 Å². The van der Waals surface area contributed by atoms with Crippen molar-refractivity contribution in [3.05, 3.63) is 83.9 Å². The Labute approximate surface area is 184 Å². The maximum atomic E-state index is 13.2. The van der Waals surface area contributed by atoms with Crippen molar-refractivity contribution in [2.45, 2.75) is 39.7 Å². The van der Waals surface area contributed by atoms with Gasteiger partial charge in [0, 0.05) is 17.2 Å². The van der Waals surface area contributed by atoms with Gasteiger partial charge in [0.15, 0.2) is 5.54 Å². The summed E-state index contributed by atoms with van der Waals surface area (Å²) >= 11 is 0. The maximum Gasteiger partial charge on any atom is 0.338 e. The van der Waals surface area contributed by atoms with E-state index in [9.17, 15) is 9.59 Å². The molecule has 0 saturated carbocycles. The van der Waals surface area contributed by atoms with Crippen LogP contribution in [0, 0.1) is 5.92 Å². The predicted octanol–water partition coefficient (Wildman–Crippen LogP) is 4.99. The van der Waals surface area contributed by atoms with E-state index in [0.717, 1.165) is 11.1 Å². The first-order valence-electron chi connectivity index (χ1n) is 10.7. The number of rotatable bonds is 10. The molecule has 1 atom stereocenters. The third-order valence-corrected chi connectivity index (χ3v) is 4.54. The predicted molar refractivity (Wildman–Crippen MR) is 123 cm³/mol. The monoisotopic (exact) mass is 421 g/mol. The van der Waals surface area contributed by atoms with Crippen molar-refractivity contribution in [3.63, 3.8) is 0 Å². The molecule has 2 aromatic rings. The van der Waals surface area contributed by atoms with Crippen LogP contribution in [-0.4, -0.2) is 36.4 Å². The summed E-state index contributed by atoms with van der Waals surface area (Å²) in [4.78, 5) is 30.3. The van der Waals surface area contributed by atoms with Crippen LogP contribution in [-0.2, 0) is 19.1 Å². The highest BCUT2D eigenvalue weighted by molar-refractivity contribution is 6.14. The lowest BCUT2D eigenvalue weighted by Gasteiger charge is -2.28. The van der Waals surface area contributed by atoms with Crippen molar-refractivity contribution < 1.29 is 19.1 Å². The number of nitrogens with zero attached hydrogens (tertiary/aromatic N) is 1. The molecule has 0 aliphatic carbocycles. The van der Waals surface area contributed by atoms with Crippen LogP contribution in [0.2, 0.25) is 0 Å². The lowest BCUT2D eigenvalue weighted by Crippen LogP contribution is -2.39. The van der Waals surface area contributed by atoms with E-state index in [1.54, 1.807) is 13.8 Å². The largest absolute Gasteiger partial charge is 0.464 e. The van der Waals surface area contributed by atoms with Gasteiger partial charge in [0.05, 0.1) is 18.9 Å². The summed E-state index contributed by atoms with van der Waals surface area (Å²) in [5.41, 5.74) is 1.03. The molecule has 0 bridgehead atoms. The fourth-order valence-corrected chi connectivity index (χ4v) is 3.31. The molecule has 0 radical (unpaired) electrons. The van der Waals surface area contributed by atoms with Crippen molar-refractivity contribution in [1.82, 2.24) is 0 Å². The number of aliphatic imine (C=N–C) groups is 1. The zero-order valence-corrected chi connectivity index (χ0v) is 18.7. The van der Waals surface area contributed by atoms with E-state index in [-0.39, 0.29) is 19.1 Å². The number of esters is 2. The van der Waals surface area contributed by atoms with Crippen molar-refractivity contribution in [2.75, 3.05) is 13.2 Å². The van der Waals surface area contributed by atoms with E-state index in [1.165, 1.54) is 12.2 Å². The number of benzene rings is 2. The minimum atomic E-state index is -1.36. The Balaban J connectivity index is 2.73. The molecule has 0 amide bonds. The smallest absolute Gasteiger partial charge is 0.338 e. The van der Waals surface area contributed by atoms with Crippen LogP contribution >= 0.6 is 0 Å². The summed E-state index contributed by atoms with van der Waals surface area (Å²) in [7, 11) is 0. The molecule has 0 heterocycles. The fraction of sp³-hybridized carbons (Fsp3) is 0.346. The lowest BCUT2D eigenvalue weighted by molar-refractivity contribution is -0.148. The Bertz CT molecular complexity index is 862. The van der Waals surface area contributed by atoms with Crippen LogP contribution in [0.1, 0.15) is 45.2 Å². The van der Waals surface area contributed by atoms with Gasteiger partial charge in [-0.15, -0.1) is 0 Å². The van der Waals surface area contributed by atoms with Gasteiger partial charge in [-0.25, -0.2) is 9.59 Å². The second-order valence-corrected chi connectivity index (χ2v) is 7.52. The maximum absolute atomic E-state index is 13.2. The number of carbonyl (C=O) groups excluding carboxylic acids is 2. The first-order valence-corrected chi connectivity index (χ1v) is 10.7. The minimum Gasteiger partial charge on any atom is -0.464 e. The Hall–Kier alpha value is -3.21. The van der Waals surface area contributed by atoms with Gasteiger partial charge in [0.1, 0.15) is 0 Å². The number of carbonyl (C=O) groups is 2. The molecular formula is C26H31NO4. The fourth-order valence-electron chi connectivity index (χ4n) is 3.31. The van der Waals surface area contributed by atoms with Gasteiger partial charge in [-0.3, -0.25) is 4.99 Å². The highest BCUT2D eigenvalue weighted by atomic mass is 16.5. The quantitative estimate of drug-likeness (QED) is 0.308. The molecule has 164 valence electrons. The van der Waals surface area contributed by atoms with Crippen molar-refractivity contribution >= 4 is 17.7 Å². The average Bonchev–Trinajstić information content (AvgIpc) is 2.77. The molecule has 0 aromatic heterocycles. The van der Waals surface area contributed by atoms with Gasteiger partial charge in [0.25, 0.3) is 0 Å². The zero-order valence-electron chi connectivity index (χ0n) is 18.7. The second-order valence-electron chi connectivity index (χ2n) is 7.52. The average molecular weight is 422 g/mol. The Morgan fingerprint density at radius 2 is 1.42 bits per heavy atom. The van der Waals surface area contributed by atoms with E-state index >= 15 is 0 Å². The molecule has 5 nitrogen and oxygen atoms in total. The molecule has 5 heteroatoms. The van der Waals surface area contributed by atoms with E-state index in [2.05, 4.69) is 0 Å². The van der Waals surface area contributed by atoms with Gasteiger partial charge in [-0.05, 0) is 32.3 Å². The summed E-state index contributed by atoms with van der Waals surface area (Å²) in [6, 6.07) is 19.4. The van der Waals surface area contributed by atoms with Crippen LogP contribution in [0.4, 0.5) is 0 Å². The van der Waals surface area contributed by atoms with Gasteiger partial charge >= 0.3 is 11.9 Å². The van der Waals surface area contributed by atoms with Crippen molar-refractivity contribution in [3.8, 4) is 0 Å². The lowest BCUT2D eigenvalue weighted by atomic mass is 9.87. The SMILES string of the molecule is CCOC(=O)C=CC(CC(C)C)(N=C(c1ccccc1)c1ccccc1)C(=O)OCC. The molecule has 0 spiro atoms. The first kappa shape index (κ1) is 24.1. The normalized spacial score (nSPS) is 12.9. The van der Waals surface area contributed by atoms with Crippen LogP contribution in [0.15, 0.2) is 77.8 Å². The molecule has 0 N–H and O–H groups in total. The summed E-state index contributed by atoms with van der Waals surface area (Å²) in [6.45, 7) is 7.97. The molecule has 0 aliphatic heterocycles. The van der Waals surface area contributed by atoms with Crippen LogP contribution in [0.5, 0.6) is 0 Å². The van der Waals surface area contributed by atoms with E-state index in [1.807, 2.05) is 74.5 Å². The van der Waals surface area contributed by atoms with E-state index in [0.29, 0.717) is 12.1 Å². The Kier molecular flexibility index (Phi) is 9.19. The minimum absolute atomic E-state index is 0.118. The number of ether oxygens (including phenoxy) is 2. The Morgan fingerprint density at radius 3 is 1.87 bits per heavy atom. The molecular weight excluding hydrogens is 390 g/mol. The van der Waals surface area contributed by atoms with Gasteiger partial charge in [0.2, 0.25) is 0 Å². The van der Waals surface area contributed by atoms with Crippen LogP contribution < -0.4 is 0 Å². The van der Waals surface area contributed by atoms with Crippen molar-refractivity contribution in [2.24, 2.45) is 10.9 Å². The topological polar surface area (TPSA) is 65.0 Å². The molecule has 0 aliphatic rings. The molecule has 1 unspecified atom stereocenters. The number of hydrogen-bond acceptors (Lipinski definition) is 5. The third kappa shape index (κ3) is 6.92. The molecule has 0 saturated heterocycles. The zero-order chi connectivity index (χ0) is 22.7. The van der Waals surface area contributed by atoms with Crippen molar-refractivity contribution in [1.29, 1.82) is 0 Å². The summed E-state index contributed by atoms with van der Waals surface area (Å²) in [6.07, 6.45) is 3.18. The second kappa shape index (κ2) is 11.8. The van der Waals surface area contributed by atoms with Gasteiger partial charge in [-0.1, -0.05) is 74.5 Å².